The Kier molecular flexibility index (Phi) is 2.91. The third-order valence-electron chi connectivity index (χ3n) is 2.34. The first-order valence-corrected chi connectivity index (χ1v) is 5.35. The lowest BCUT2D eigenvalue weighted by atomic mass is 10.1. The molecule has 0 N–H and O–H groups in total. The van der Waals surface area contributed by atoms with Gasteiger partial charge in [0.25, 0.3) is 0 Å². The molecule has 0 spiro atoms. The van der Waals surface area contributed by atoms with Crippen molar-refractivity contribution in [3.05, 3.63) is 42.0 Å². The molecule has 0 aromatic heterocycles. The summed E-state index contributed by atoms with van der Waals surface area (Å²) in [7, 11) is 0. The van der Waals surface area contributed by atoms with E-state index in [2.05, 4.69) is 0 Å². The van der Waals surface area contributed by atoms with Crippen LogP contribution >= 0.6 is 0 Å². The lowest BCUT2D eigenvalue weighted by Gasteiger charge is -2.13. The monoisotopic (exact) mass is 214 g/mol. The van der Waals surface area contributed by atoms with E-state index in [0.29, 0.717) is 5.56 Å². The van der Waals surface area contributed by atoms with Crippen molar-refractivity contribution >= 4 is 17.1 Å². The van der Waals surface area contributed by atoms with Crippen LogP contribution in [-0.4, -0.2) is 12.4 Å². The standard InChI is InChI=1S/C14H14O2/c1-10(2)16-14-8-11(9-15)7-12-5-3-4-6-13(12)14/h3-10H,1-2H3. The van der Waals surface area contributed by atoms with Gasteiger partial charge in [-0.05, 0) is 31.4 Å². The quantitative estimate of drug-likeness (QED) is 0.731. The molecular formula is C14H14O2. The van der Waals surface area contributed by atoms with Crippen molar-refractivity contribution in [1.82, 2.24) is 0 Å². The highest BCUT2D eigenvalue weighted by atomic mass is 16.5. The molecular weight excluding hydrogens is 200 g/mol. The maximum atomic E-state index is 10.8. The second kappa shape index (κ2) is 4.35. The van der Waals surface area contributed by atoms with Crippen molar-refractivity contribution in [1.29, 1.82) is 0 Å². The largest absolute Gasteiger partial charge is 0.490 e. The molecule has 2 rings (SSSR count). The van der Waals surface area contributed by atoms with Gasteiger partial charge in [0.05, 0.1) is 6.10 Å². The van der Waals surface area contributed by atoms with Crippen LogP contribution < -0.4 is 4.74 Å². The first kappa shape index (κ1) is 10.7. The second-order valence-electron chi connectivity index (χ2n) is 4.02. The minimum absolute atomic E-state index is 0.102. The average molecular weight is 214 g/mol. The van der Waals surface area contributed by atoms with Gasteiger partial charge < -0.3 is 4.74 Å². The number of hydrogen-bond acceptors (Lipinski definition) is 2. The maximum absolute atomic E-state index is 10.8. The van der Waals surface area contributed by atoms with E-state index in [4.69, 9.17) is 4.74 Å². The number of aldehydes is 1. The van der Waals surface area contributed by atoms with E-state index in [9.17, 15) is 4.79 Å². The first-order chi connectivity index (χ1) is 7.70. The van der Waals surface area contributed by atoms with Crippen molar-refractivity contribution in [3.8, 4) is 5.75 Å². The highest BCUT2D eigenvalue weighted by Crippen LogP contribution is 2.27. The summed E-state index contributed by atoms with van der Waals surface area (Å²) in [4.78, 5) is 10.8. The molecule has 0 unspecified atom stereocenters. The molecule has 0 saturated heterocycles. The van der Waals surface area contributed by atoms with Crippen molar-refractivity contribution in [2.45, 2.75) is 20.0 Å². The third-order valence-corrected chi connectivity index (χ3v) is 2.34. The third kappa shape index (κ3) is 2.06. The highest BCUT2D eigenvalue weighted by molar-refractivity contribution is 5.93. The first-order valence-electron chi connectivity index (χ1n) is 5.35. The number of rotatable bonds is 3. The second-order valence-corrected chi connectivity index (χ2v) is 4.02. The lowest BCUT2D eigenvalue weighted by molar-refractivity contribution is 0.112. The van der Waals surface area contributed by atoms with Gasteiger partial charge >= 0.3 is 0 Å². The van der Waals surface area contributed by atoms with Crippen LogP contribution in [0, 0.1) is 0 Å². The molecule has 0 amide bonds. The summed E-state index contributed by atoms with van der Waals surface area (Å²) in [5.41, 5.74) is 0.648. The molecule has 0 aliphatic rings. The Hall–Kier alpha value is -1.83. The van der Waals surface area contributed by atoms with Gasteiger partial charge in [-0.2, -0.15) is 0 Å². The number of hydrogen-bond donors (Lipinski definition) is 0. The Labute approximate surface area is 94.8 Å². The fourth-order valence-corrected chi connectivity index (χ4v) is 1.72. The number of carbonyl (C=O) groups is 1. The topological polar surface area (TPSA) is 26.3 Å². The molecule has 0 radical (unpaired) electrons. The van der Waals surface area contributed by atoms with Gasteiger partial charge in [-0.15, -0.1) is 0 Å². The predicted octanol–water partition coefficient (Wildman–Crippen LogP) is 3.44. The van der Waals surface area contributed by atoms with Crippen LogP contribution in [0.5, 0.6) is 5.75 Å². The van der Waals surface area contributed by atoms with Crippen LogP contribution in [0.2, 0.25) is 0 Å². The van der Waals surface area contributed by atoms with Crippen LogP contribution in [0.4, 0.5) is 0 Å². The van der Waals surface area contributed by atoms with E-state index in [1.807, 2.05) is 44.2 Å². The summed E-state index contributed by atoms with van der Waals surface area (Å²) in [6.07, 6.45) is 0.949. The van der Waals surface area contributed by atoms with E-state index in [1.165, 1.54) is 0 Å². The Morgan fingerprint density at radius 2 is 1.94 bits per heavy atom. The molecule has 2 aromatic carbocycles. The molecule has 0 aliphatic heterocycles. The maximum Gasteiger partial charge on any atom is 0.150 e. The zero-order chi connectivity index (χ0) is 11.5. The van der Waals surface area contributed by atoms with Crippen LogP contribution in [0.25, 0.3) is 10.8 Å². The van der Waals surface area contributed by atoms with Gasteiger partial charge in [0.1, 0.15) is 12.0 Å². The van der Waals surface area contributed by atoms with E-state index in [1.54, 1.807) is 6.07 Å². The van der Waals surface area contributed by atoms with Gasteiger partial charge in [-0.3, -0.25) is 4.79 Å². The van der Waals surface area contributed by atoms with Gasteiger partial charge in [0, 0.05) is 10.9 Å². The molecule has 0 aliphatic carbocycles. The molecule has 0 saturated carbocycles. The van der Waals surface area contributed by atoms with Crippen molar-refractivity contribution in [2.24, 2.45) is 0 Å². The predicted molar refractivity (Wildman–Crippen MR) is 65.1 cm³/mol. The van der Waals surface area contributed by atoms with Crippen molar-refractivity contribution in [3.63, 3.8) is 0 Å². The molecule has 0 fully saturated rings. The Bertz CT molecular complexity index is 515. The molecule has 16 heavy (non-hydrogen) atoms. The molecule has 2 aromatic rings. The molecule has 2 nitrogen and oxygen atoms in total. The highest BCUT2D eigenvalue weighted by Gasteiger charge is 2.06. The van der Waals surface area contributed by atoms with Crippen molar-refractivity contribution in [2.75, 3.05) is 0 Å². The van der Waals surface area contributed by atoms with Crippen LogP contribution in [0.15, 0.2) is 36.4 Å². The van der Waals surface area contributed by atoms with Crippen molar-refractivity contribution < 1.29 is 9.53 Å². The van der Waals surface area contributed by atoms with E-state index < -0.39 is 0 Å². The number of benzene rings is 2. The fourth-order valence-electron chi connectivity index (χ4n) is 1.72. The summed E-state index contributed by atoms with van der Waals surface area (Å²) in [6.45, 7) is 3.95. The number of fused-ring (bicyclic) bond motifs is 1. The molecule has 0 bridgehead atoms. The average Bonchev–Trinajstić information content (AvgIpc) is 2.28. The summed E-state index contributed by atoms with van der Waals surface area (Å²) in [5.74, 6) is 0.773. The van der Waals surface area contributed by atoms with E-state index in [0.717, 1.165) is 22.8 Å². The van der Waals surface area contributed by atoms with Crippen LogP contribution in [-0.2, 0) is 0 Å². The van der Waals surface area contributed by atoms with Gasteiger partial charge in [-0.1, -0.05) is 24.3 Å². The zero-order valence-corrected chi connectivity index (χ0v) is 9.44. The molecule has 0 atom stereocenters. The lowest BCUT2D eigenvalue weighted by Crippen LogP contribution is -2.06. The number of ether oxygens (including phenoxy) is 1. The van der Waals surface area contributed by atoms with Gasteiger partial charge in [0.15, 0.2) is 0 Å². The molecule has 82 valence electrons. The summed E-state index contributed by atoms with van der Waals surface area (Å²) >= 11 is 0. The number of carbonyl (C=O) groups excluding carboxylic acids is 1. The van der Waals surface area contributed by atoms with Gasteiger partial charge in [-0.25, -0.2) is 0 Å². The molecule has 0 heterocycles. The smallest absolute Gasteiger partial charge is 0.150 e. The summed E-state index contributed by atoms with van der Waals surface area (Å²) < 4.78 is 5.71. The Morgan fingerprint density at radius 1 is 1.19 bits per heavy atom. The van der Waals surface area contributed by atoms with Gasteiger partial charge in [0.2, 0.25) is 0 Å². The Balaban J connectivity index is 2.63. The minimum atomic E-state index is 0.102. The zero-order valence-electron chi connectivity index (χ0n) is 9.44. The van der Waals surface area contributed by atoms with E-state index in [-0.39, 0.29) is 6.10 Å². The molecule has 2 heteroatoms. The minimum Gasteiger partial charge on any atom is -0.490 e. The van der Waals surface area contributed by atoms with Crippen LogP contribution in [0.1, 0.15) is 24.2 Å². The van der Waals surface area contributed by atoms with E-state index >= 15 is 0 Å². The SMILES string of the molecule is CC(C)Oc1cc(C=O)cc2ccccc12. The summed E-state index contributed by atoms with van der Waals surface area (Å²) in [6, 6.07) is 11.6. The fraction of sp³-hybridized carbons (Fsp3) is 0.214. The van der Waals surface area contributed by atoms with Crippen LogP contribution in [0.3, 0.4) is 0 Å². The summed E-state index contributed by atoms with van der Waals surface area (Å²) in [5, 5.41) is 2.07. The normalized spacial score (nSPS) is 10.7. The Morgan fingerprint density at radius 3 is 2.62 bits per heavy atom.